The van der Waals surface area contributed by atoms with E-state index in [2.05, 4.69) is 0 Å². The SMILES string of the molecule is O=C(O)c1cc(Cl)c(-c2ccc(F)c(Cl)c2)cc1F. The largest absolute Gasteiger partial charge is 0.478 e. The smallest absolute Gasteiger partial charge is 0.338 e. The van der Waals surface area contributed by atoms with Gasteiger partial charge in [0.05, 0.1) is 10.6 Å². The molecule has 0 unspecified atom stereocenters. The molecule has 2 aromatic rings. The van der Waals surface area contributed by atoms with E-state index in [1.807, 2.05) is 0 Å². The van der Waals surface area contributed by atoms with E-state index in [4.69, 9.17) is 28.3 Å². The van der Waals surface area contributed by atoms with Gasteiger partial charge in [-0.15, -0.1) is 0 Å². The Bertz CT molecular complexity index is 672. The molecule has 0 amide bonds. The van der Waals surface area contributed by atoms with E-state index in [0.717, 1.165) is 18.2 Å². The number of hydrogen-bond donors (Lipinski definition) is 1. The maximum Gasteiger partial charge on any atom is 0.338 e. The van der Waals surface area contributed by atoms with Crippen molar-refractivity contribution in [1.82, 2.24) is 0 Å². The molecule has 0 aliphatic heterocycles. The van der Waals surface area contributed by atoms with Crippen molar-refractivity contribution in [1.29, 1.82) is 0 Å². The lowest BCUT2D eigenvalue weighted by atomic mass is 10.0. The van der Waals surface area contributed by atoms with Crippen LogP contribution in [0, 0.1) is 11.6 Å². The molecule has 0 aliphatic carbocycles. The van der Waals surface area contributed by atoms with Crippen LogP contribution in [0.25, 0.3) is 11.1 Å². The summed E-state index contributed by atoms with van der Waals surface area (Å²) in [6.07, 6.45) is 0. The van der Waals surface area contributed by atoms with Gasteiger partial charge in [-0.05, 0) is 29.8 Å². The second-order valence-corrected chi connectivity index (χ2v) is 4.56. The fourth-order valence-corrected chi connectivity index (χ4v) is 2.05. The van der Waals surface area contributed by atoms with Crippen LogP contribution in [0.3, 0.4) is 0 Å². The standard InChI is InChI=1S/C13H6Cl2F2O2/c14-9-4-8(13(18)19)12(17)5-7(9)6-1-2-11(16)10(15)3-6/h1-5H,(H,18,19). The van der Waals surface area contributed by atoms with Gasteiger partial charge in [0, 0.05) is 10.6 Å². The maximum atomic E-state index is 13.6. The fourth-order valence-electron chi connectivity index (χ4n) is 1.60. The molecule has 2 aromatic carbocycles. The normalized spacial score (nSPS) is 10.5. The first kappa shape index (κ1) is 13.8. The van der Waals surface area contributed by atoms with E-state index in [0.29, 0.717) is 5.56 Å². The Morgan fingerprint density at radius 2 is 1.68 bits per heavy atom. The average molecular weight is 303 g/mol. The molecule has 0 saturated heterocycles. The number of carbonyl (C=O) groups is 1. The monoisotopic (exact) mass is 302 g/mol. The highest BCUT2D eigenvalue weighted by Gasteiger charge is 2.15. The van der Waals surface area contributed by atoms with Gasteiger partial charge < -0.3 is 5.11 Å². The minimum atomic E-state index is -1.41. The second kappa shape index (κ2) is 5.15. The number of halogens is 4. The summed E-state index contributed by atoms with van der Waals surface area (Å²) in [7, 11) is 0. The first-order chi connectivity index (χ1) is 8.90. The van der Waals surface area contributed by atoms with Crippen LogP contribution in [-0.2, 0) is 0 Å². The molecular formula is C13H6Cl2F2O2. The van der Waals surface area contributed by atoms with Crippen molar-refractivity contribution >= 4 is 29.2 Å². The number of carboxylic acids is 1. The minimum Gasteiger partial charge on any atom is -0.478 e. The van der Waals surface area contributed by atoms with E-state index in [1.165, 1.54) is 12.1 Å². The number of benzene rings is 2. The molecule has 19 heavy (non-hydrogen) atoms. The average Bonchev–Trinajstić information content (AvgIpc) is 2.35. The van der Waals surface area contributed by atoms with Crippen molar-refractivity contribution in [2.75, 3.05) is 0 Å². The molecule has 0 bridgehead atoms. The lowest BCUT2D eigenvalue weighted by Gasteiger charge is -2.08. The Balaban J connectivity index is 2.60. The molecule has 0 heterocycles. The molecule has 0 spiro atoms. The van der Waals surface area contributed by atoms with Gasteiger partial charge in [0.2, 0.25) is 0 Å². The third kappa shape index (κ3) is 2.69. The van der Waals surface area contributed by atoms with E-state index in [-0.39, 0.29) is 15.6 Å². The van der Waals surface area contributed by atoms with E-state index in [1.54, 1.807) is 0 Å². The van der Waals surface area contributed by atoms with Gasteiger partial charge in [-0.1, -0.05) is 29.3 Å². The maximum absolute atomic E-state index is 13.6. The Kier molecular flexibility index (Phi) is 3.73. The third-order valence-electron chi connectivity index (χ3n) is 2.52. The highest BCUT2D eigenvalue weighted by atomic mass is 35.5. The van der Waals surface area contributed by atoms with Gasteiger partial charge in [-0.2, -0.15) is 0 Å². The summed E-state index contributed by atoms with van der Waals surface area (Å²) in [6.45, 7) is 0. The molecule has 0 aliphatic rings. The fraction of sp³-hybridized carbons (Fsp3) is 0. The Morgan fingerprint density at radius 3 is 2.26 bits per heavy atom. The summed E-state index contributed by atoms with van der Waals surface area (Å²) in [5.74, 6) is -2.94. The zero-order valence-corrected chi connectivity index (χ0v) is 10.8. The van der Waals surface area contributed by atoms with Crippen molar-refractivity contribution in [3.8, 4) is 11.1 Å². The molecule has 0 radical (unpaired) electrons. The van der Waals surface area contributed by atoms with Crippen LogP contribution >= 0.6 is 23.2 Å². The predicted molar refractivity (Wildman–Crippen MR) is 68.8 cm³/mol. The summed E-state index contributed by atoms with van der Waals surface area (Å²) in [6, 6.07) is 5.78. The van der Waals surface area contributed by atoms with Gasteiger partial charge in [0.15, 0.2) is 0 Å². The molecular weight excluding hydrogens is 297 g/mol. The molecule has 2 rings (SSSR count). The van der Waals surface area contributed by atoms with Crippen LogP contribution in [0.2, 0.25) is 10.0 Å². The molecule has 1 N–H and O–H groups in total. The Labute approximate surface area is 117 Å². The molecule has 0 atom stereocenters. The molecule has 6 heteroatoms. The van der Waals surface area contributed by atoms with Crippen molar-refractivity contribution in [2.24, 2.45) is 0 Å². The highest BCUT2D eigenvalue weighted by molar-refractivity contribution is 6.34. The van der Waals surface area contributed by atoms with Gasteiger partial charge in [0.1, 0.15) is 11.6 Å². The van der Waals surface area contributed by atoms with Crippen molar-refractivity contribution in [3.05, 3.63) is 57.6 Å². The van der Waals surface area contributed by atoms with Gasteiger partial charge in [-0.25, -0.2) is 13.6 Å². The lowest BCUT2D eigenvalue weighted by molar-refractivity contribution is 0.0692. The van der Waals surface area contributed by atoms with Gasteiger partial charge in [-0.3, -0.25) is 0 Å². The summed E-state index contributed by atoms with van der Waals surface area (Å²) in [5, 5.41) is 8.68. The topological polar surface area (TPSA) is 37.3 Å². The van der Waals surface area contributed by atoms with E-state index < -0.39 is 23.2 Å². The highest BCUT2D eigenvalue weighted by Crippen LogP contribution is 2.32. The summed E-state index contributed by atoms with van der Waals surface area (Å²) < 4.78 is 26.6. The summed E-state index contributed by atoms with van der Waals surface area (Å²) in [5.41, 5.74) is 0.111. The number of hydrogen-bond acceptors (Lipinski definition) is 1. The van der Waals surface area contributed by atoms with Crippen LogP contribution in [0.15, 0.2) is 30.3 Å². The predicted octanol–water partition coefficient (Wildman–Crippen LogP) is 4.64. The first-order valence-corrected chi connectivity index (χ1v) is 5.83. The van der Waals surface area contributed by atoms with Crippen molar-refractivity contribution in [3.63, 3.8) is 0 Å². The van der Waals surface area contributed by atoms with E-state index in [9.17, 15) is 13.6 Å². The lowest BCUT2D eigenvalue weighted by Crippen LogP contribution is -2.01. The Morgan fingerprint density at radius 1 is 1.00 bits per heavy atom. The zero-order valence-electron chi connectivity index (χ0n) is 9.25. The summed E-state index contributed by atoms with van der Waals surface area (Å²) in [4.78, 5) is 10.8. The van der Waals surface area contributed by atoms with Crippen LogP contribution in [0.5, 0.6) is 0 Å². The van der Waals surface area contributed by atoms with Gasteiger partial charge in [0.25, 0.3) is 0 Å². The van der Waals surface area contributed by atoms with E-state index >= 15 is 0 Å². The quantitative estimate of drug-likeness (QED) is 0.877. The third-order valence-corrected chi connectivity index (χ3v) is 3.12. The first-order valence-electron chi connectivity index (χ1n) is 5.08. The minimum absolute atomic E-state index is 0.0430. The second-order valence-electron chi connectivity index (χ2n) is 3.75. The number of aromatic carboxylic acids is 1. The number of rotatable bonds is 2. The summed E-state index contributed by atoms with van der Waals surface area (Å²) >= 11 is 11.5. The molecule has 0 aromatic heterocycles. The molecule has 0 saturated carbocycles. The van der Waals surface area contributed by atoms with Crippen LogP contribution in [0.1, 0.15) is 10.4 Å². The van der Waals surface area contributed by atoms with Crippen LogP contribution in [0.4, 0.5) is 8.78 Å². The molecule has 0 fully saturated rings. The molecule has 2 nitrogen and oxygen atoms in total. The number of carboxylic acid groups (broad SMARTS) is 1. The van der Waals surface area contributed by atoms with Crippen LogP contribution < -0.4 is 0 Å². The van der Waals surface area contributed by atoms with Crippen molar-refractivity contribution < 1.29 is 18.7 Å². The molecule has 98 valence electrons. The Hall–Kier alpha value is -1.65. The van der Waals surface area contributed by atoms with Gasteiger partial charge >= 0.3 is 5.97 Å². The van der Waals surface area contributed by atoms with Crippen LogP contribution in [-0.4, -0.2) is 11.1 Å². The van der Waals surface area contributed by atoms with Crippen molar-refractivity contribution in [2.45, 2.75) is 0 Å². The zero-order chi connectivity index (χ0) is 14.2.